The number of rotatable bonds is 7. The zero-order chi connectivity index (χ0) is 17.5. The summed E-state index contributed by atoms with van der Waals surface area (Å²) in [6, 6.07) is 4.75. The van der Waals surface area contributed by atoms with E-state index in [1.807, 2.05) is 5.43 Å². The van der Waals surface area contributed by atoms with E-state index in [0.717, 1.165) is 12.8 Å². The van der Waals surface area contributed by atoms with Crippen molar-refractivity contribution in [1.82, 2.24) is 5.43 Å². The van der Waals surface area contributed by atoms with Crippen LogP contribution in [0.25, 0.3) is 0 Å². The van der Waals surface area contributed by atoms with Gasteiger partial charge in [0.1, 0.15) is 11.5 Å². The second kappa shape index (κ2) is 8.65. The Morgan fingerprint density at radius 3 is 2.67 bits per heavy atom. The fourth-order valence-electron chi connectivity index (χ4n) is 2.64. The molecule has 2 rings (SSSR count). The number of hydrogen-bond donors (Lipinski definition) is 4. The van der Waals surface area contributed by atoms with Crippen molar-refractivity contribution in [2.24, 2.45) is 17.5 Å². The second-order valence-electron chi connectivity index (χ2n) is 5.70. The first-order valence-corrected chi connectivity index (χ1v) is 8.19. The Kier molecular flexibility index (Phi) is 6.57. The number of carbonyl (C=O) groups is 1. The summed E-state index contributed by atoms with van der Waals surface area (Å²) in [5.74, 6) is 4.76. The largest absolute Gasteiger partial charge is 0.492 e. The molecule has 0 aliphatic heterocycles. The minimum atomic E-state index is -1.32. The van der Waals surface area contributed by atoms with Gasteiger partial charge in [0.25, 0.3) is 0 Å². The van der Waals surface area contributed by atoms with Crippen molar-refractivity contribution in [3.05, 3.63) is 34.8 Å². The molecule has 0 aromatic heterocycles. The molecule has 0 amide bonds. The van der Waals surface area contributed by atoms with E-state index in [1.54, 1.807) is 18.2 Å². The first kappa shape index (κ1) is 18.2. The van der Waals surface area contributed by atoms with E-state index < -0.39 is 11.7 Å². The fourth-order valence-corrected chi connectivity index (χ4v) is 2.81. The van der Waals surface area contributed by atoms with Crippen LogP contribution in [0.2, 0.25) is 5.02 Å². The third kappa shape index (κ3) is 4.94. The molecule has 1 saturated carbocycles. The third-order valence-electron chi connectivity index (χ3n) is 3.93. The highest BCUT2D eigenvalue weighted by Gasteiger charge is 2.16. The molecule has 1 aliphatic carbocycles. The second-order valence-corrected chi connectivity index (χ2v) is 6.11. The summed E-state index contributed by atoms with van der Waals surface area (Å²) in [6.45, 7) is 0.596. The van der Waals surface area contributed by atoms with Gasteiger partial charge in [0.15, 0.2) is 5.70 Å². The monoisotopic (exact) mass is 355 g/mol. The summed E-state index contributed by atoms with van der Waals surface area (Å²) < 4.78 is 11.1. The van der Waals surface area contributed by atoms with Gasteiger partial charge in [-0.05, 0) is 30.9 Å². The lowest BCUT2D eigenvalue weighted by atomic mass is 9.90. The smallest absolute Gasteiger partial charge is 0.358 e. The van der Waals surface area contributed by atoms with Crippen LogP contribution < -0.4 is 26.5 Å². The summed E-state index contributed by atoms with van der Waals surface area (Å²) in [4.78, 5) is 11.0. The number of carboxylic acid groups (broad SMARTS) is 1. The minimum Gasteiger partial charge on any atom is -0.492 e. The van der Waals surface area contributed by atoms with Gasteiger partial charge < -0.3 is 25.7 Å². The molecule has 0 unspecified atom stereocenters. The maximum Gasteiger partial charge on any atom is 0.358 e. The molecule has 0 atom stereocenters. The van der Waals surface area contributed by atoms with E-state index >= 15 is 0 Å². The SMILES string of the molecule is NN/C(C(=O)O)=C(\N)Oc1ccc(Cl)c(OCC2CCCCC2)c1. The average molecular weight is 356 g/mol. The predicted molar refractivity (Wildman–Crippen MR) is 90.3 cm³/mol. The lowest BCUT2D eigenvalue weighted by molar-refractivity contribution is -0.133. The van der Waals surface area contributed by atoms with Gasteiger partial charge in [-0.1, -0.05) is 30.9 Å². The van der Waals surface area contributed by atoms with Crippen LogP contribution in [0.4, 0.5) is 0 Å². The van der Waals surface area contributed by atoms with Crippen molar-refractivity contribution in [2.75, 3.05) is 6.61 Å². The number of hydrogen-bond acceptors (Lipinski definition) is 6. The van der Waals surface area contributed by atoms with Gasteiger partial charge in [0.05, 0.1) is 11.6 Å². The summed E-state index contributed by atoms with van der Waals surface area (Å²) in [5, 5.41) is 9.40. The van der Waals surface area contributed by atoms with Gasteiger partial charge >= 0.3 is 5.97 Å². The van der Waals surface area contributed by atoms with Crippen LogP contribution in [-0.4, -0.2) is 17.7 Å². The molecular weight excluding hydrogens is 334 g/mol. The summed E-state index contributed by atoms with van der Waals surface area (Å²) in [5.41, 5.74) is 7.15. The first-order chi connectivity index (χ1) is 11.5. The number of hydrazine groups is 1. The standard InChI is InChI=1S/C16H22ClN3O4/c17-12-7-6-11(24-15(18)14(20-19)16(21)22)8-13(12)23-9-10-4-2-1-3-5-10/h6-8,10,20H,1-5,9,18-19H2,(H,21,22)/b15-14+. The fraction of sp³-hybridized carbons (Fsp3) is 0.438. The average Bonchev–Trinajstić information content (AvgIpc) is 2.56. The van der Waals surface area contributed by atoms with Crippen molar-refractivity contribution < 1.29 is 19.4 Å². The zero-order valence-electron chi connectivity index (χ0n) is 13.3. The van der Waals surface area contributed by atoms with Gasteiger partial charge in [-0.2, -0.15) is 0 Å². The quantitative estimate of drug-likeness (QED) is 0.256. The van der Waals surface area contributed by atoms with Crippen molar-refractivity contribution in [1.29, 1.82) is 0 Å². The number of nitrogens with one attached hydrogen (secondary N) is 1. The molecule has 1 aromatic carbocycles. The van der Waals surface area contributed by atoms with E-state index in [9.17, 15) is 4.79 Å². The van der Waals surface area contributed by atoms with Crippen molar-refractivity contribution in [2.45, 2.75) is 32.1 Å². The lowest BCUT2D eigenvalue weighted by Crippen LogP contribution is -2.31. The number of benzene rings is 1. The Bertz CT molecular complexity index is 615. The molecule has 7 nitrogen and oxygen atoms in total. The molecule has 1 fully saturated rings. The molecule has 0 heterocycles. The topological polar surface area (TPSA) is 120 Å². The normalized spacial score (nSPS) is 16.2. The predicted octanol–water partition coefficient (Wildman–Crippen LogP) is 2.35. The minimum absolute atomic E-state index is 0.310. The number of nitrogens with two attached hydrogens (primary N) is 2. The van der Waals surface area contributed by atoms with Gasteiger partial charge in [-0.25, -0.2) is 4.79 Å². The Balaban J connectivity index is 2.06. The Hall–Kier alpha value is -2.12. The van der Waals surface area contributed by atoms with Gasteiger partial charge in [-0.3, -0.25) is 5.84 Å². The number of halogens is 1. The van der Waals surface area contributed by atoms with Gasteiger partial charge in [0, 0.05) is 6.07 Å². The van der Waals surface area contributed by atoms with Crippen LogP contribution in [0.3, 0.4) is 0 Å². The van der Waals surface area contributed by atoms with Crippen LogP contribution in [0.5, 0.6) is 11.5 Å². The molecule has 1 aliphatic rings. The maximum atomic E-state index is 11.0. The molecule has 0 bridgehead atoms. The Morgan fingerprint density at radius 1 is 1.33 bits per heavy atom. The van der Waals surface area contributed by atoms with Crippen LogP contribution in [0.15, 0.2) is 29.8 Å². The summed E-state index contributed by atoms with van der Waals surface area (Å²) in [7, 11) is 0. The Labute approximate surface area is 145 Å². The van der Waals surface area contributed by atoms with Crippen molar-refractivity contribution in [3.8, 4) is 11.5 Å². The van der Waals surface area contributed by atoms with E-state index in [1.165, 1.54) is 19.3 Å². The van der Waals surface area contributed by atoms with Crippen LogP contribution >= 0.6 is 11.6 Å². The van der Waals surface area contributed by atoms with E-state index in [4.69, 9.17) is 37.8 Å². The number of ether oxygens (including phenoxy) is 2. The molecule has 0 radical (unpaired) electrons. The zero-order valence-corrected chi connectivity index (χ0v) is 14.0. The highest BCUT2D eigenvalue weighted by Crippen LogP contribution is 2.31. The first-order valence-electron chi connectivity index (χ1n) is 7.81. The number of carboxylic acids is 1. The van der Waals surface area contributed by atoms with E-state index in [2.05, 4.69) is 0 Å². The molecule has 132 valence electrons. The summed E-state index contributed by atoms with van der Waals surface area (Å²) >= 11 is 6.14. The highest BCUT2D eigenvalue weighted by atomic mass is 35.5. The van der Waals surface area contributed by atoms with E-state index in [-0.39, 0.29) is 5.88 Å². The van der Waals surface area contributed by atoms with Crippen molar-refractivity contribution in [3.63, 3.8) is 0 Å². The highest BCUT2D eigenvalue weighted by molar-refractivity contribution is 6.32. The molecule has 0 spiro atoms. The molecule has 8 heteroatoms. The molecule has 0 saturated heterocycles. The van der Waals surface area contributed by atoms with Crippen LogP contribution in [-0.2, 0) is 4.79 Å². The van der Waals surface area contributed by atoms with Gasteiger partial charge in [-0.15, -0.1) is 0 Å². The van der Waals surface area contributed by atoms with Gasteiger partial charge in [0.2, 0.25) is 5.88 Å². The van der Waals surface area contributed by atoms with E-state index in [0.29, 0.717) is 29.0 Å². The van der Waals surface area contributed by atoms with Crippen molar-refractivity contribution >= 4 is 17.6 Å². The Morgan fingerprint density at radius 2 is 2.04 bits per heavy atom. The van der Waals surface area contributed by atoms with Crippen LogP contribution in [0, 0.1) is 5.92 Å². The molecular formula is C16H22ClN3O4. The summed E-state index contributed by atoms with van der Waals surface area (Å²) in [6.07, 6.45) is 6.07. The molecule has 6 N–H and O–H groups in total. The molecule has 24 heavy (non-hydrogen) atoms. The lowest BCUT2D eigenvalue weighted by Gasteiger charge is -2.22. The molecule has 1 aromatic rings. The van der Waals surface area contributed by atoms with Crippen LogP contribution in [0.1, 0.15) is 32.1 Å². The third-order valence-corrected chi connectivity index (χ3v) is 4.25. The maximum absolute atomic E-state index is 11.0. The number of aliphatic carboxylic acids is 1.